The van der Waals surface area contributed by atoms with Crippen LogP contribution < -0.4 is 10.1 Å². The fourth-order valence-electron chi connectivity index (χ4n) is 2.84. The topological polar surface area (TPSA) is 51.2 Å². The quantitative estimate of drug-likeness (QED) is 0.442. The Balaban J connectivity index is 1.30. The molecule has 30 heavy (non-hydrogen) atoms. The number of amides is 1. The minimum absolute atomic E-state index is 0.120. The SMILES string of the molecule is O=C(COc1ccc(F)cc1)NCc1ccc(-c2csc(-c3ccccc3)n2)cc1. The van der Waals surface area contributed by atoms with Gasteiger partial charge in [-0.15, -0.1) is 11.3 Å². The van der Waals surface area contributed by atoms with E-state index >= 15 is 0 Å². The lowest BCUT2D eigenvalue weighted by molar-refractivity contribution is -0.123. The molecule has 1 N–H and O–H groups in total. The minimum atomic E-state index is -0.343. The third-order valence-electron chi connectivity index (χ3n) is 4.45. The first kappa shape index (κ1) is 19.8. The highest BCUT2D eigenvalue weighted by Gasteiger charge is 2.07. The summed E-state index contributed by atoms with van der Waals surface area (Å²) in [5, 5.41) is 5.85. The minimum Gasteiger partial charge on any atom is -0.484 e. The highest BCUT2D eigenvalue weighted by Crippen LogP contribution is 2.28. The number of halogens is 1. The molecule has 4 rings (SSSR count). The molecule has 0 aliphatic heterocycles. The highest BCUT2D eigenvalue weighted by atomic mass is 32.1. The Labute approximate surface area is 178 Å². The van der Waals surface area contributed by atoms with E-state index < -0.39 is 0 Å². The van der Waals surface area contributed by atoms with Crippen LogP contribution in [0.4, 0.5) is 4.39 Å². The maximum absolute atomic E-state index is 12.9. The zero-order valence-corrected chi connectivity index (χ0v) is 16.9. The van der Waals surface area contributed by atoms with Crippen molar-refractivity contribution in [1.29, 1.82) is 0 Å². The van der Waals surface area contributed by atoms with Crippen LogP contribution >= 0.6 is 11.3 Å². The number of benzene rings is 3. The molecule has 1 aromatic heterocycles. The summed E-state index contributed by atoms with van der Waals surface area (Å²) in [4.78, 5) is 16.7. The molecule has 4 nitrogen and oxygen atoms in total. The number of hydrogen-bond acceptors (Lipinski definition) is 4. The van der Waals surface area contributed by atoms with Gasteiger partial charge in [-0.05, 0) is 29.8 Å². The van der Waals surface area contributed by atoms with Crippen molar-refractivity contribution in [3.8, 4) is 27.6 Å². The first-order valence-electron chi connectivity index (χ1n) is 9.43. The van der Waals surface area contributed by atoms with Crippen molar-refractivity contribution in [2.24, 2.45) is 0 Å². The normalized spacial score (nSPS) is 10.6. The van der Waals surface area contributed by atoms with Crippen molar-refractivity contribution in [2.45, 2.75) is 6.54 Å². The molecule has 0 saturated heterocycles. The number of aromatic nitrogens is 1. The summed E-state index contributed by atoms with van der Waals surface area (Å²) < 4.78 is 18.2. The van der Waals surface area contributed by atoms with Gasteiger partial charge in [0.25, 0.3) is 5.91 Å². The summed E-state index contributed by atoms with van der Waals surface area (Å²) >= 11 is 1.62. The van der Waals surface area contributed by atoms with E-state index in [0.29, 0.717) is 12.3 Å². The first-order valence-corrected chi connectivity index (χ1v) is 10.3. The Kier molecular flexibility index (Phi) is 6.15. The molecule has 1 amide bonds. The molecular weight excluding hydrogens is 399 g/mol. The summed E-state index contributed by atoms with van der Waals surface area (Å²) in [7, 11) is 0. The van der Waals surface area contributed by atoms with Gasteiger partial charge < -0.3 is 10.1 Å². The number of nitrogens with zero attached hydrogens (tertiary/aromatic N) is 1. The number of hydrogen-bond donors (Lipinski definition) is 1. The van der Waals surface area contributed by atoms with Crippen molar-refractivity contribution in [1.82, 2.24) is 10.3 Å². The second kappa shape index (κ2) is 9.33. The summed E-state index contributed by atoms with van der Waals surface area (Å²) in [6.07, 6.45) is 0. The summed E-state index contributed by atoms with van der Waals surface area (Å²) in [5.74, 6) is -0.131. The highest BCUT2D eigenvalue weighted by molar-refractivity contribution is 7.13. The smallest absolute Gasteiger partial charge is 0.258 e. The lowest BCUT2D eigenvalue weighted by Gasteiger charge is -2.08. The zero-order valence-electron chi connectivity index (χ0n) is 16.0. The number of nitrogens with one attached hydrogen (secondary N) is 1. The third-order valence-corrected chi connectivity index (χ3v) is 5.34. The molecule has 0 aliphatic carbocycles. The average molecular weight is 418 g/mol. The van der Waals surface area contributed by atoms with Crippen LogP contribution in [0.2, 0.25) is 0 Å². The lowest BCUT2D eigenvalue weighted by Crippen LogP contribution is -2.28. The molecule has 4 aromatic rings. The van der Waals surface area contributed by atoms with Crippen LogP contribution in [0, 0.1) is 5.82 Å². The van der Waals surface area contributed by atoms with E-state index in [1.54, 1.807) is 11.3 Å². The molecule has 0 radical (unpaired) electrons. The molecule has 0 aliphatic rings. The van der Waals surface area contributed by atoms with E-state index in [0.717, 1.165) is 27.4 Å². The van der Waals surface area contributed by atoms with Crippen molar-refractivity contribution in [3.05, 3.63) is 95.6 Å². The van der Waals surface area contributed by atoms with Gasteiger partial charge in [0, 0.05) is 23.1 Å². The van der Waals surface area contributed by atoms with Gasteiger partial charge in [-0.2, -0.15) is 0 Å². The van der Waals surface area contributed by atoms with Crippen LogP contribution in [0.5, 0.6) is 5.75 Å². The van der Waals surface area contributed by atoms with Crippen LogP contribution in [-0.4, -0.2) is 17.5 Å². The maximum Gasteiger partial charge on any atom is 0.258 e. The molecule has 0 bridgehead atoms. The molecule has 6 heteroatoms. The maximum atomic E-state index is 12.9. The van der Waals surface area contributed by atoms with Gasteiger partial charge in [-0.25, -0.2) is 9.37 Å². The molecule has 3 aromatic carbocycles. The molecule has 0 spiro atoms. The monoisotopic (exact) mass is 418 g/mol. The van der Waals surface area contributed by atoms with Gasteiger partial charge in [0.15, 0.2) is 6.61 Å². The molecule has 150 valence electrons. The molecule has 0 fully saturated rings. The van der Waals surface area contributed by atoms with Crippen molar-refractivity contribution in [2.75, 3.05) is 6.61 Å². The van der Waals surface area contributed by atoms with Crippen molar-refractivity contribution >= 4 is 17.2 Å². The Bertz CT molecular complexity index is 1110. The van der Waals surface area contributed by atoms with Crippen LogP contribution in [0.25, 0.3) is 21.8 Å². The fourth-order valence-corrected chi connectivity index (χ4v) is 3.68. The Hall–Kier alpha value is -3.51. The van der Waals surface area contributed by atoms with Gasteiger partial charge >= 0.3 is 0 Å². The van der Waals surface area contributed by atoms with E-state index in [4.69, 9.17) is 9.72 Å². The third kappa shape index (κ3) is 5.10. The van der Waals surface area contributed by atoms with E-state index in [1.165, 1.54) is 24.3 Å². The standard InChI is InChI=1S/C24H19FN2O2S/c25-20-10-12-21(13-11-20)29-15-23(28)26-14-17-6-8-18(9-7-17)22-16-30-24(27-22)19-4-2-1-3-5-19/h1-13,16H,14-15H2,(H,26,28). The van der Waals surface area contributed by atoms with Gasteiger partial charge in [0.05, 0.1) is 5.69 Å². The van der Waals surface area contributed by atoms with Gasteiger partial charge in [0.1, 0.15) is 16.6 Å². The molecule has 1 heterocycles. The molecule has 0 unspecified atom stereocenters. The second-order valence-corrected chi connectivity index (χ2v) is 7.48. The Morgan fingerprint density at radius 3 is 2.40 bits per heavy atom. The number of ether oxygens (including phenoxy) is 1. The lowest BCUT2D eigenvalue weighted by atomic mass is 10.1. The van der Waals surface area contributed by atoms with E-state index in [1.807, 2.05) is 60.0 Å². The Morgan fingerprint density at radius 2 is 1.67 bits per heavy atom. The van der Waals surface area contributed by atoms with Crippen LogP contribution in [0.1, 0.15) is 5.56 Å². The van der Waals surface area contributed by atoms with Crippen LogP contribution in [0.3, 0.4) is 0 Å². The van der Waals surface area contributed by atoms with Gasteiger partial charge in [-0.1, -0.05) is 54.6 Å². The van der Waals surface area contributed by atoms with Gasteiger partial charge in [-0.3, -0.25) is 4.79 Å². The predicted molar refractivity (Wildman–Crippen MR) is 117 cm³/mol. The van der Waals surface area contributed by atoms with E-state index in [-0.39, 0.29) is 18.3 Å². The fraction of sp³-hybridized carbons (Fsp3) is 0.0833. The largest absolute Gasteiger partial charge is 0.484 e. The number of carbonyl (C=O) groups excluding carboxylic acids is 1. The second-order valence-electron chi connectivity index (χ2n) is 6.62. The number of rotatable bonds is 7. The van der Waals surface area contributed by atoms with Crippen LogP contribution in [-0.2, 0) is 11.3 Å². The summed E-state index contributed by atoms with van der Waals surface area (Å²) in [5.41, 5.74) is 4.05. The first-order chi connectivity index (χ1) is 14.7. The van der Waals surface area contributed by atoms with Crippen molar-refractivity contribution in [3.63, 3.8) is 0 Å². The average Bonchev–Trinajstić information content (AvgIpc) is 3.29. The predicted octanol–water partition coefficient (Wildman–Crippen LogP) is 5.31. The molecular formula is C24H19FN2O2S. The number of thiazole rings is 1. The van der Waals surface area contributed by atoms with Crippen molar-refractivity contribution < 1.29 is 13.9 Å². The van der Waals surface area contributed by atoms with Crippen LogP contribution in [0.15, 0.2) is 84.2 Å². The summed E-state index contributed by atoms with van der Waals surface area (Å²) in [6.45, 7) is 0.281. The summed E-state index contributed by atoms with van der Waals surface area (Å²) in [6, 6.07) is 23.6. The zero-order chi connectivity index (χ0) is 20.8. The molecule has 0 saturated carbocycles. The van der Waals surface area contributed by atoms with Gasteiger partial charge in [0.2, 0.25) is 0 Å². The Morgan fingerprint density at radius 1 is 0.933 bits per heavy atom. The van der Waals surface area contributed by atoms with E-state index in [2.05, 4.69) is 5.32 Å². The molecule has 0 atom stereocenters. The number of carbonyl (C=O) groups is 1. The van der Waals surface area contributed by atoms with E-state index in [9.17, 15) is 9.18 Å².